The zero-order chi connectivity index (χ0) is 17.6. The summed E-state index contributed by atoms with van der Waals surface area (Å²) in [5.74, 6) is -0.747. The molecule has 0 unspecified atom stereocenters. The SMILES string of the molecule is C=C(/C=C\C(=C/C)OC(C)=O)C(=O)Nc1nc(S(C)(=O)=O)cs1. The molecule has 124 valence electrons. The Balaban J connectivity index is 2.73. The van der Waals surface area contributed by atoms with Gasteiger partial charge >= 0.3 is 5.97 Å². The third-order valence-corrected chi connectivity index (χ3v) is 4.25. The van der Waals surface area contributed by atoms with Gasteiger partial charge in [0, 0.05) is 24.1 Å². The maximum absolute atomic E-state index is 11.9. The number of anilines is 1. The van der Waals surface area contributed by atoms with E-state index in [-0.39, 0.29) is 21.5 Å². The van der Waals surface area contributed by atoms with Crippen molar-refractivity contribution in [2.75, 3.05) is 11.6 Å². The molecule has 1 aromatic heterocycles. The number of ether oxygens (including phenoxy) is 1. The van der Waals surface area contributed by atoms with Crippen molar-refractivity contribution in [2.24, 2.45) is 0 Å². The molecule has 1 rings (SSSR count). The summed E-state index contributed by atoms with van der Waals surface area (Å²) in [5.41, 5.74) is 0.0904. The lowest BCUT2D eigenvalue weighted by Crippen LogP contribution is -2.12. The number of sulfone groups is 1. The summed E-state index contributed by atoms with van der Waals surface area (Å²) in [4.78, 5) is 26.6. The van der Waals surface area contributed by atoms with Gasteiger partial charge in [-0.1, -0.05) is 6.58 Å². The minimum absolute atomic E-state index is 0.0904. The number of carbonyl (C=O) groups excluding carboxylic acids is 2. The lowest BCUT2D eigenvalue weighted by atomic mass is 10.2. The van der Waals surface area contributed by atoms with Crippen molar-refractivity contribution >= 4 is 38.2 Å². The Morgan fingerprint density at radius 2 is 2.04 bits per heavy atom. The number of hydrogen-bond acceptors (Lipinski definition) is 7. The number of rotatable bonds is 6. The van der Waals surface area contributed by atoms with Crippen LogP contribution in [0.2, 0.25) is 0 Å². The molecule has 1 aromatic rings. The lowest BCUT2D eigenvalue weighted by Gasteiger charge is -2.02. The molecule has 0 saturated carbocycles. The van der Waals surface area contributed by atoms with Gasteiger partial charge in [0.15, 0.2) is 20.0 Å². The summed E-state index contributed by atoms with van der Waals surface area (Å²) in [6.45, 7) is 6.52. The van der Waals surface area contributed by atoms with E-state index in [2.05, 4.69) is 16.9 Å². The van der Waals surface area contributed by atoms with Crippen LogP contribution in [0.25, 0.3) is 0 Å². The fourth-order valence-electron chi connectivity index (χ4n) is 1.28. The van der Waals surface area contributed by atoms with Gasteiger partial charge in [0.1, 0.15) is 5.76 Å². The fraction of sp³-hybridized carbons (Fsp3) is 0.214. The highest BCUT2D eigenvalue weighted by atomic mass is 32.2. The first-order valence-electron chi connectivity index (χ1n) is 6.32. The quantitative estimate of drug-likeness (QED) is 0.362. The van der Waals surface area contributed by atoms with E-state index < -0.39 is 21.7 Å². The molecule has 1 heterocycles. The Labute approximate surface area is 138 Å². The Morgan fingerprint density at radius 1 is 1.39 bits per heavy atom. The van der Waals surface area contributed by atoms with Crippen LogP contribution in [0, 0.1) is 0 Å². The largest absolute Gasteiger partial charge is 0.427 e. The molecule has 0 saturated heterocycles. The molecule has 1 amide bonds. The summed E-state index contributed by atoms with van der Waals surface area (Å²) in [6.07, 6.45) is 5.39. The zero-order valence-electron chi connectivity index (χ0n) is 12.8. The molecule has 0 aliphatic rings. The van der Waals surface area contributed by atoms with Crippen molar-refractivity contribution in [3.05, 3.63) is 41.5 Å². The maximum Gasteiger partial charge on any atom is 0.308 e. The summed E-state index contributed by atoms with van der Waals surface area (Å²) >= 11 is 0.991. The van der Waals surface area contributed by atoms with Gasteiger partial charge in [-0.2, -0.15) is 0 Å². The van der Waals surface area contributed by atoms with Crippen molar-refractivity contribution in [1.82, 2.24) is 4.98 Å². The lowest BCUT2D eigenvalue weighted by molar-refractivity contribution is -0.136. The Morgan fingerprint density at radius 3 is 2.52 bits per heavy atom. The molecular weight excluding hydrogens is 340 g/mol. The maximum atomic E-state index is 11.9. The van der Waals surface area contributed by atoms with Crippen LogP contribution < -0.4 is 5.32 Å². The normalized spacial score (nSPS) is 12.2. The van der Waals surface area contributed by atoms with Crippen LogP contribution in [0.15, 0.2) is 46.5 Å². The number of esters is 1. The van der Waals surface area contributed by atoms with Crippen LogP contribution in [0.5, 0.6) is 0 Å². The first-order valence-corrected chi connectivity index (χ1v) is 9.09. The highest BCUT2D eigenvalue weighted by Crippen LogP contribution is 2.19. The highest BCUT2D eigenvalue weighted by molar-refractivity contribution is 7.90. The van der Waals surface area contributed by atoms with Crippen LogP contribution in [-0.2, 0) is 24.2 Å². The van der Waals surface area contributed by atoms with Crippen molar-refractivity contribution < 1.29 is 22.7 Å². The van der Waals surface area contributed by atoms with Gasteiger partial charge in [-0.3, -0.25) is 14.9 Å². The van der Waals surface area contributed by atoms with Crippen LogP contribution >= 0.6 is 11.3 Å². The van der Waals surface area contributed by atoms with Crippen molar-refractivity contribution in [1.29, 1.82) is 0 Å². The molecular formula is C14H16N2O5S2. The second-order valence-electron chi connectivity index (χ2n) is 4.36. The third kappa shape index (κ3) is 6.17. The average molecular weight is 356 g/mol. The summed E-state index contributed by atoms with van der Waals surface area (Å²) < 4.78 is 27.5. The number of aromatic nitrogens is 1. The van der Waals surface area contributed by atoms with E-state index in [1.165, 1.54) is 24.5 Å². The number of thiazole rings is 1. The zero-order valence-corrected chi connectivity index (χ0v) is 14.5. The number of nitrogens with zero attached hydrogens (tertiary/aromatic N) is 1. The third-order valence-electron chi connectivity index (χ3n) is 2.37. The molecule has 0 spiro atoms. The van der Waals surface area contributed by atoms with E-state index in [0.717, 1.165) is 17.6 Å². The molecule has 0 fully saturated rings. The van der Waals surface area contributed by atoms with Gasteiger partial charge < -0.3 is 4.74 Å². The molecule has 0 bridgehead atoms. The molecule has 0 atom stereocenters. The van der Waals surface area contributed by atoms with E-state index in [4.69, 9.17) is 4.74 Å². The monoisotopic (exact) mass is 356 g/mol. The van der Waals surface area contributed by atoms with Crippen LogP contribution in [0.3, 0.4) is 0 Å². The predicted octanol–water partition coefficient (Wildman–Crippen LogP) is 2.06. The van der Waals surface area contributed by atoms with E-state index in [1.807, 2.05) is 0 Å². The molecule has 1 N–H and O–H groups in total. The number of carbonyl (C=O) groups is 2. The molecule has 9 heteroatoms. The van der Waals surface area contributed by atoms with Gasteiger partial charge in [-0.15, -0.1) is 11.3 Å². The number of nitrogens with one attached hydrogen (secondary N) is 1. The van der Waals surface area contributed by atoms with Crippen molar-refractivity contribution in [2.45, 2.75) is 18.9 Å². The second-order valence-corrected chi connectivity index (χ2v) is 7.18. The van der Waals surface area contributed by atoms with Gasteiger partial charge in [0.05, 0.1) is 0 Å². The highest BCUT2D eigenvalue weighted by Gasteiger charge is 2.14. The number of hydrogen-bond donors (Lipinski definition) is 1. The smallest absolute Gasteiger partial charge is 0.308 e. The van der Waals surface area contributed by atoms with Crippen LogP contribution in [-0.4, -0.2) is 31.5 Å². The molecule has 0 aromatic carbocycles. The first kappa shape index (κ1) is 18.8. The molecule has 23 heavy (non-hydrogen) atoms. The van der Waals surface area contributed by atoms with Crippen molar-refractivity contribution in [3.63, 3.8) is 0 Å². The van der Waals surface area contributed by atoms with Gasteiger partial charge in [-0.25, -0.2) is 13.4 Å². The minimum Gasteiger partial charge on any atom is -0.427 e. The Bertz CT molecular complexity index is 788. The summed E-state index contributed by atoms with van der Waals surface area (Å²) in [7, 11) is -3.42. The minimum atomic E-state index is -3.42. The van der Waals surface area contributed by atoms with E-state index >= 15 is 0 Å². The second kappa shape index (κ2) is 7.84. The topological polar surface area (TPSA) is 102 Å². The molecule has 7 nitrogen and oxygen atoms in total. The number of allylic oxidation sites excluding steroid dienone is 2. The van der Waals surface area contributed by atoms with Gasteiger partial charge in [0.25, 0.3) is 5.91 Å². The van der Waals surface area contributed by atoms with Gasteiger partial charge in [-0.05, 0) is 25.2 Å². The molecule has 0 aliphatic carbocycles. The first-order chi connectivity index (χ1) is 10.6. The molecule has 0 radical (unpaired) electrons. The molecule has 0 aliphatic heterocycles. The van der Waals surface area contributed by atoms with Gasteiger partial charge in [0.2, 0.25) is 0 Å². The fourth-order valence-corrected chi connectivity index (χ4v) is 3.00. The Kier molecular flexibility index (Phi) is 6.40. The predicted molar refractivity (Wildman–Crippen MR) is 87.7 cm³/mol. The average Bonchev–Trinajstić information content (AvgIpc) is 2.91. The standard InChI is InChI=1S/C14H16N2O5S2/c1-5-11(21-10(3)17)7-6-9(2)13(18)16-14-15-12(8-22-14)23(4,19)20/h5-8H,2H2,1,3-4H3,(H,15,16,18)/b7-6-,11-5+. The Hall–Kier alpha value is -2.26. The van der Waals surface area contributed by atoms with E-state index in [1.54, 1.807) is 13.0 Å². The number of amides is 1. The van der Waals surface area contributed by atoms with Crippen LogP contribution in [0.1, 0.15) is 13.8 Å². The van der Waals surface area contributed by atoms with E-state index in [9.17, 15) is 18.0 Å². The summed E-state index contributed by atoms with van der Waals surface area (Å²) in [5, 5.41) is 3.82. The van der Waals surface area contributed by atoms with Crippen molar-refractivity contribution in [3.8, 4) is 0 Å². The van der Waals surface area contributed by atoms with E-state index in [0.29, 0.717) is 0 Å². The summed E-state index contributed by atoms with van der Waals surface area (Å²) in [6, 6.07) is 0. The van der Waals surface area contributed by atoms with Crippen LogP contribution in [0.4, 0.5) is 5.13 Å².